The summed E-state index contributed by atoms with van der Waals surface area (Å²) in [5, 5.41) is 5.86. The number of fused-ring (bicyclic) bond motifs is 1. The van der Waals surface area contributed by atoms with Crippen LogP contribution in [-0.4, -0.2) is 32.2 Å². The molecule has 1 aromatic heterocycles. The van der Waals surface area contributed by atoms with Crippen molar-refractivity contribution in [3.05, 3.63) is 54.0 Å². The molecule has 2 N–H and O–H groups in total. The quantitative estimate of drug-likeness (QED) is 0.480. The summed E-state index contributed by atoms with van der Waals surface area (Å²) in [5.41, 5.74) is 0.225. The van der Waals surface area contributed by atoms with Gasteiger partial charge >= 0.3 is 0 Å². The van der Waals surface area contributed by atoms with E-state index in [-0.39, 0.29) is 11.4 Å². The zero-order chi connectivity index (χ0) is 19.4. The van der Waals surface area contributed by atoms with Crippen molar-refractivity contribution in [1.29, 1.82) is 0 Å². The fourth-order valence-electron chi connectivity index (χ4n) is 2.52. The van der Waals surface area contributed by atoms with Crippen LogP contribution in [0.3, 0.4) is 0 Å². The monoisotopic (exact) mass is 377 g/mol. The van der Waals surface area contributed by atoms with Gasteiger partial charge in [0.2, 0.25) is 11.6 Å². The molecule has 0 radical (unpaired) electrons. The number of aromatic nitrogens is 1. The van der Waals surface area contributed by atoms with E-state index in [1.165, 1.54) is 19.3 Å². The first kappa shape index (κ1) is 18.8. The molecule has 142 valence electrons. The van der Waals surface area contributed by atoms with Crippen molar-refractivity contribution in [1.82, 2.24) is 10.3 Å². The molecule has 5 nitrogen and oxygen atoms in total. The van der Waals surface area contributed by atoms with Crippen molar-refractivity contribution in [2.75, 3.05) is 32.6 Å². The third-order valence-electron chi connectivity index (χ3n) is 3.89. The van der Waals surface area contributed by atoms with Crippen LogP contribution in [0.1, 0.15) is 0 Å². The second-order valence-electron chi connectivity index (χ2n) is 5.66. The number of halogens is 3. The van der Waals surface area contributed by atoms with Crippen molar-refractivity contribution in [3.63, 3.8) is 0 Å². The first-order valence-electron chi connectivity index (χ1n) is 8.24. The van der Waals surface area contributed by atoms with Gasteiger partial charge < -0.3 is 20.1 Å². The Morgan fingerprint density at radius 2 is 1.85 bits per heavy atom. The largest absolute Gasteiger partial charge is 0.492 e. The van der Waals surface area contributed by atoms with E-state index in [2.05, 4.69) is 15.6 Å². The molecule has 0 saturated carbocycles. The summed E-state index contributed by atoms with van der Waals surface area (Å²) in [6.45, 7) is 1.16. The number of nitrogens with zero attached hydrogens (tertiary/aromatic N) is 1. The molecule has 0 unspecified atom stereocenters. The lowest BCUT2D eigenvalue weighted by Crippen LogP contribution is -2.15. The molecule has 1 heterocycles. The van der Waals surface area contributed by atoms with E-state index in [1.54, 1.807) is 18.2 Å². The third kappa shape index (κ3) is 3.90. The van der Waals surface area contributed by atoms with Gasteiger partial charge in [-0.25, -0.2) is 8.78 Å². The molecule has 0 fully saturated rings. The van der Waals surface area contributed by atoms with Gasteiger partial charge in [-0.05, 0) is 25.2 Å². The lowest BCUT2D eigenvalue weighted by molar-refractivity contribution is 0.319. The molecule has 0 spiro atoms. The number of rotatable bonds is 7. The van der Waals surface area contributed by atoms with Gasteiger partial charge in [-0.3, -0.25) is 4.98 Å². The molecule has 0 saturated heterocycles. The Bertz CT molecular complexity index is 967. The molecule has 2 aromatic carbocycles. The Morgan fingerprint density at radius 3 is 2.59 bits per heavy atom. The van der Waals surface area contributed by atoms with E-state index < -0.39 is 23.2 Å². The topological polar surface area (TPSA) is 55.4 Å². The normalized spacial score (nSPS) is 10.9. The highest BCUT2D eigenvalue weighted by atomic mass is 19.2. The van der Waals surface area contributed by atoms with Crippen LogP contribution in [0.25, 0.3) is 10.9 Å². The van der Waals surface area contributed by atoms with Gasteiger partial charge in [-0.15, -0.1) is 0 Å². The van der Waals surface area contributed by atoms with E-state index in [0.29, 0.717) is 29.8 Å². The molecule has 0 aliphatic rings. The summed E-state index contributed by atoms with van der Waals surface area (Å²) >= 11 is 0. The summed E-state index contributed by atoms with van der Waals surface area (Å²) in [4.78, 5) is 4.21. The molecule has 0 aliphatic heterocycles. The molecule has 0 bridgehead atoms. The first-order valence-corrected chi connectivity index (χ1v) is 8.24. The van der Waals surface area contributed by atoms with Crippen molar-refractivity contribution in [2.45, 2.75) is 0 Å². The summed E-state index contributed by atoms with van der Waals surface area (Å²) < 4.78 is 53.3. The number of hydrogen-bond acceptors (Lipinski definition) is 5. The van der Waals surface area contributed by atoms with Gasteiger partial charge in [-0.1, -0.05) is 0 Å². The summed E-state index contributed by atoms with van der Waals surface area (Å²) in [5.74, 6) is -3.70. The smallest absolute Gasteiger partial charge is 0.206 e. The molecule has 0 aliphatic carbocycles. The lowest BCUT2D eigenvalue weighted by Gasteiger charge is -2.13. The molecular weight excluding hydrogens is 359 g/mol. The fraction of sp³-hybridized carbons (Fsp3) is 0.211. The van der Waals surface area contributed by atoms with Crippen molar-refractivity contribution >= 4 is 16.6 Å². The SMILES string of the molecule is CNCCOc1ccc2c(Oc3c(F)cc(NC)c(F)c3F)ccnc2c1. The average Bonchev–Trinajstić information content (AvgIpc) is 2.68. The van der Waals surface area contributed by atoms with Gasteiger partial charge in [0.1, 0.15) is 18.1 Å². The Labute approximate surface area is 154 Å². The average molecular weight is 377 g/mol. The molecule has 8 heteroatoms. The van der Waals surface area contributed by atoms with Crippen LogP contribution in [0, 0.1) is 17.5 Å². The number of pyridine rings is 1. The zero-order valence-corrected chi connectivity index (χ0v) is 14.8. The minimum absolute atomic E-state index is 0.149. The van der Waals surface area contributed by atoms with E-state index in [1.807, 2.05) is 7.05 Å². The second kappa shape index (κ2) is 8.13. The fourth-order valence-corrected chi connectivity index (χ4v) is 2.52. The van der Waals surface area contributed by atoms with E-state index in [4.69, 9.17) is 9.47 Å². The van der Waals surface area contributed by atoms with Crippen LogP contribution in [-0.2, 0) is 0 Å². The number of hydrogen-bond donors (Lipinski definition) is 2. The van der Waals surface area contributed by atoms with Crippen molar-refractivity contribution in [3.8, 4) is 17.2 Å². The summed E-state index contributed by atoms with van der Waals surface area (Å²) in [6.07, 6.45) is 1.43. The third-order valence-corrected chi connectivity index (χ3v) is 3.89. The van der Waals surface area contributed by atoms with Gasteiger partial charge in [0.25, 0.3) is 0 Å². The molecule has 3 rings (SSSR count). The number of anilines is 1. The maximum atomic E-state index is 14.2. The van der Waals surface area contributed by atoms with Gasteiger partial charge in [-0.2, -0.15) is 4.39 Å². The van der Waals surface area contributed by atoms with Crippen LogP contribution in [0.5, 0.6) is 17.2 Å². The Balaban J connectivity index is 1.95. The van der Waals surface area contributed by atoms with E-state index >= 15 is 0 Å². The number of ether oxygens (including phenoxy) is 2. The van der Waals surface area contributed by atoms with Gasteiger partial charge in [0, 0.05) is 37.3 Å². The van der Waals surface area contributed by atoms with Crippen LogP contribution in [0.4, 0.5) is 18.9 Å². The van der Waals surface area contributed by atoms with Crippen LogP contribution in [0.2, 0.25) is 0 Å². The van der Waals surface area contributed by atoms with Crippen LogP contribution >= 0.6 is 0 Å². The standard InChI is InChI=1S/C19H18F3N3O2/c1-23-7-8-26-11-3-4-12-14(9-11)25-6-5-16(12)27-19-13(20)10-15(24-2)17(21)18(19)22/h3-6,9-10,23-24H,7-8H2,1-2H3. The number of likely N-dealkylation sites (N-methyl/N-ethyl adjacent to an activating group) is 1. The van der Waals surface area contributed by atoms with Crippen LogP contribution < -0.4 is 20.1 Å². The Kier molecular flexibility index (Phi) is 5.66. The number of nitrogens with one attached hydrogen (secondary N) is 2. The highest BCUT2D eigenvalue weighted by molar-refractivity contribution is 5.86. The zero-order valence-electron chi connectivity index (χ0n) is 14.8. The highest BCUT2D eigenvalue weighted by Crippen LogP contribution is 2.36. The minimum Gasteiger partial charge on any atom is -0.492 e. The maximum Gasteiger partial charge on any atom is 0.206 e. The first-order chi connectivity index (χ1) is 13.0. The number of benzene rings is 2. The van der Waals surface area contributed by atoms with Gasteiger partial charge in [0.15, 0.2) is 11.6 Å². The molecule has 3 aromatic rings. The summed E-state index contributed by atoms with van der Waals surface area (Å²) in [6, 6.07) is 7.34. The predicted molar refractivity (Wildman–Crippen MR) is 97.1 cm³/mol. The van der Waals surface area contributed by atoms with E-state index in [9.17, 15) is 13.2 Å². The second-order valence-corrected chi connectivity index (χ2v) is 5.66. The highest BCUT2D eigenvalue weighted by Gasteiger charge is 2.21. The minimum atomic E-state index is -1.41. The Hall–Kier alpha value is -3.00. The molecule has 0 amide bonds. The molecular formula is C19H18F3N3O2. The molecule has 27 heavy (non-hydrogen) atoms. The maximum absolute atomic E-state index is 14.2. The van der Waals surface area contributed by atoms with Gasteiger partial charge in [0.05, 0.1) is 11.2 Å². The Morgan fingerprint density at radius 1 is 1.04 bits per heavy atom. The van der Waals surface area contributed by atoms with Crippen LogP contribution in [0.15, 0.2) is 36.5 Å². The predicted octanol–water partition coefficient (Wildman–Crippen LogP) is 4.08. The van der Waals surface area contributed by atoms with E-state index in [0.717, 1.165) is 6.07 Å². The van der Waals surface area contributed by atoms with Crippen molar-refractivity contribution in [2.24, 2.45) is 0 Å². The summed E-state index contributed by atoms with van der Waals surface area (Å²) in [7, 11) is 3.18. The van der Waals surface area contributed by atoms with Crippen molar-refractivity contribution < 1.29 is 22.6 Å². The lowest BCUT2D eigenvalue weighted by atomic mass is 10.2. The molecule has 0 atom stereocenters.